The number of carbonyl (C=O) groups is 2. The molecule has 1 aromatic carbocycles. The Morgan fingerprint density at radius 2 is 1.81 bits per heavy atom. The number of hydrogen-bond donors (Lipinski definition) is 2. The molecule has 0 atom stereocenters. The second-order valence-corrected chi connectivity index (χ2v) is 6.23. The molecule has 0 bridgehead atoms. The van der Waals surface area contributed by atoms with Gasteiger partial charge in [-0.05, 0) is 39.5 Å². The summed E-state index contributed by atoms with van der Waals surface area (Å²) in [6.07, 6.45) is 0.385. The molecule has 110 valence electrons. The molecule has 0 aliphatic heterocycles. The number of nitrogens with one attached hydrogen (secondary N) is 2. The second kappa shape index (κ2) is 7.95. The molecule has 0 saturated carbocycles. The van der Waals surface area contributed by atoms with E-state index < -0.39 is 0 Å². The highest BCUT2D eigenvalue weighted by molar-refractivity contribution is 9.10. The van der Waals surface area contributed by atoms with Crippen LogP contribution in [0, 0.1) is 0 Å². The maximum atomic E-state index is 11.9. The van der Waals surface area contributed by atoms with Crippen LogP contribution in [0.15, 0.2) is 46.3 Å². The SMILES string of the molecule is O=C(Cc1cccs1)NCCNC(=O)c1ccccc1Br. The summed E-state index contributed by atoms with van der Waals surface area (Å²) in [5.41, 5.74) is 0.586. The van der Waals surface area contributed by atoms with Gasteiger partial charge in [-0.3, -0.25) is 9.59 Å². The van der Waals surface area contributed by atoms with Gasteiger partial charge in [-0.2, -0.15) is 0 Å². The van der Waals surface area contributed by atoms with E-state index in [1.165, 1.54) is 0 Å². The summed E-state index contributed by atoms with van der Waals surface area (Å²) in [4.78, 5) is 24.6. The first-order valence-electron chi connectivity index (χ1n) is 6.48. The summed E-state index contributed by atoms with van der Waals surface area (Å²) in [5.74, 6) is -0.192. The lowest BCUT2D eigenvalue weighted by Gasteiger charge is -2.08. The number of benzene rings is 1. The third-order valence-electron chi connectivity index (χ3n) is 2.77. The van der Waals surface area contributed by atoms with Gasteiger partial charge >= 0.3 is 0 Å². The lowest BCUT2D eigenvalue weighted by Crippen LogP contribution is -2.35. The summed E-state index contributed by atoms with van der Waals surface area (Å²) >= 11 is 4.89. The maximum absolute atomic E-state index is 11.9. The fraction of sp³-hybridized carbons (Fsp3) is 0.200. The van der Waals surface area contributed by atoms with Crippen LogP contribution in [0.4, 0.5) is 0 Å². The van der Waals surface area contributed by atoms with E-state index in [0.717, 1.165) is 9.35 Å². The van der Waals surface area contributed by atoms with E-state index in [1.54, 1.807) is 17.4 Å². The van der Waals surface area contributed by atoms with Crippen LogP contribution < -0.4 is 10.6 Å². The average molecular weight is 367 g/mol. The van der Waals surface area contributed by atoms with Crippen molar-refractivity contribution in [1.82, 2.24) is 10.6 Å². The van der Waals surface area contributed by atoms with E-state index in [-0.39, 0.29) is 11.8 Å². The van der Waals surface area contributed by atoms with Crippen molar-refractivity contribution in [2.45, 2.75) is 6.42 Å². The lowest BCUT2D eigenvalue weighted by atomic mass is 10.2. The third kappa shape index (κ3) is 4.99. The van der Waals surface area contributed by atoms with Crippen molar-refractivity contribution >= 4 is 39.1 Å². The molecular formula is C15H15BrN2O2S. The summed E-state index contributed by atoms with van der Waals surface area (Å²) in [7, 11) is 0. The molecule has 6 heteroatoms. The Labute approximate surface area is 135 Å². The molecule has 1 heterocycles. The monoisotopic (exact) mass is 366 g/mol. The Hall–Kier alpha value is -1.66. The predicted octanol–water partition coefficient (Wildman–Crippen LogP) is 2.60. The molecule has 4 nitrogen and oxygen atoms in total. The largest absolute Gasteiger partial charge is 0.354 e. The summed E-state index contributed by atoms with van der Waals surface area (Å²) in [6.45, 7) is 0.816. The molecule has 21 heavy (non-hydrogen) atoms. The smallest absolute Gasteiger partial charge is 0.252 e. The van der Waals surface area contributed by atoms with Gasteiger partial charge < -0.3 is 10.6 Å². The molecule has 0 aliphatic rings. The number of rotatable bonds is 6. The minimum Gasteiger partial charge on any atom is -0.354 e. The van der Waals surface area contributed by atoms with Gasteiger partial charge in [0, 0.05) is 22.4 Å². The average Bonchev–Trinajstić information content (AvgIpc) is 2.96. The Balaban J connectivity index is 1.69. The first-order valence-corrected chi connectivity index (χ1v) is 8.16. The van der Waals surface area contributed by atoms with E-state index in [2.05, 4.69) is 26.6 Å². The van der Waals surface area contributed by atoms with Crippen LogP contribution in [0.3, 0.4) is 0 Å². The normalized spacial score (nSPS) is 10.1. The molecule has 0 unspecified atom stereocenters. The molecule has 1 aromatic heterocycles. The molecule has 0 aliphatic carbocycles. The fourth-order valence-corrected chi connectivity index (χ4v) is 2.92. The third-order valence-corrected chi connectivity index (χ3v) is 4.33. The predicted molar refractivity (Wildman–Crippen MR) is 87.5 cm³/mol. The fourth-order valence-electron chi connectivity index (χ4n) is 1.75. The summed E-state index contributed by atoms with van der Waals surface area (Å²) < 4.78 is 0.754. The number of hydrogen-bond acceptors (Lipinski definition) is 3. The highest BCUT2D eigenvalue weighted by Gasteiger charge is 2.08. The molecule has 0 radical (unpaired) electrons. The van der Waals surface area contributed by atoms with Crippen molar-refractivity contribution in [2.75, 3.05) is 13.1 Å². The van der Waals surface area contributed by atoms with Gasteiger partial charge in [0.15, 0.2) is 0 Å². The van der Waals surface area contributed by atoms with Crippen LogP contribution in [-0.2, 0) is 11.2 Å². The summed E-state index contributed by atoms with van der Waals surface area (Å²) in [6, 6.07) is 11.1. The van der Waals surface area contributed by atoms with Crippen molar-refractivity contribution in [3.8, 4) is 0 Å². The zero-order valence-electron chi connectivity index (χ0n) is 11.3. The van der Waals surface area contributed by atoms with Gasteiger partial charge in [-0.25, -0.2) is 0 Å². The first kappa shape index (κ1) is 15.7. The molecule has 0 saturated heterocycles. The number of halogens is 1. The molecule has 0 spiro atoms. The van der Waals surface area contributed by atoms with Gasteiger partial charge in [0.05, 0.1) is 12.0 Å². The van der Waals surface area contributed by atoms with Crippen molar-refractivity contribution in [3.05, 3.63) is 56.7 Å². The second-order valence-electron chi connectivity index (χ2n) is 4.34. The van der Waals surface area contributed by atoms with E-state index in [0.29, 0.717) is 25.1 Å². The van der Waals surface area contributed by atoms with Gasteiger partial charge in [-0.15, -0.1) is 11.3 Å². The molecule has 2 N–H and O–H groups in total. The molecule has 0 fully saturated rings. The summed E-state index contributed by atoms with van der Waals surface area (Å²) in [5, 5.41) is 7.50. The topological polar surface area (TPSA) is 58.2 Å². The van der Waals surface area contributed by atoms with Crippen molar-refractivity contribution in [3.63, 3.8) is 0 Å². The minimum absolute atomic E-state index is 0.0346. The minimum atomic E-state index is -0.157. The van der Waals surface area contributed by atoms with Crippen molar-refractivity contribution < 1.29 is 9.59 Å². The lowest BCUT2D eigenvalue weighted by molar-refractivity contribution is -0.120. The van der Waals surface area contributed by atoms with Gasteiger partial charge in [-0.1, -0.05) is 18.2 Å². The zero-order valence-corrected chi connectivity index (χ0v) is 13.7. The Kier molecular flexibility index (Phi) is 5.95. The number of amides is 2. The first-order chi connectivity index (χ1) is 10.2. The van der Waals surface area contributed by atoms with E-state index in [9.17, 15) is 9.59 Å². The van der Waals surface area contributed by atoms with Crippen LogP contribution in [-0.4, -0.2) is 24.9 Å². The van der Waals surface area contributed by atoms with Crippen molar-refractivity contribution in [2.24, 2.45) is 0 Å². The Morgan fingerprint density at radius 3 is 2.52 bits per heavy atom. The van der Waals surface area contributed by atoms with Crippen molar-refractivity contribution in [1.29, 1.82) is 0 Å². The highest BCUT2D eigenvalue weighted by Crippen LogP contribution is 2.15. The van der Waals surface area contributed by atoms with Gasteiger partial charge in [0.25, 0.3) is 5.91 Å². The maximum Gasteiger partial charge on any atom is 0.252 e. The molecular weight excluding hydrogens is 352 g/mol. The Bertz CT molecular complexity index is 614. The van der Waals surface area contributed by atoms with Gasteiger partial charge in [0.1, 0.15) is 0 Å². The molecule has 2 amide bonds. The van der Waals surface area contributed by atoms with Gasteiger partial charge in [0.2, 0.25) is 5.91 Å². The number of carbonyl (C=O) groups excluding carboxylic acids is 2. The van der Waals surface area contributed by atoms with E-state index in [1.807, 2.05) is 35.7 Å². The molecule has 2 aromatic rings. The quantitative estimate of drug-likeness (QED) is 0.772. The van der Waals surface area contributed by atoms with Crippen LogP contribution in [0.2, 0.25) is 0 Å². The van der Waals surface area contributed by atoms with E-state index in [4.69, 9.17) is 0 Å². The zero-order chi connectivity index (χ0) is 15.1. The van der Waals surface area contributed by atoms with Crippen LogP contribution >= 0.6 is 27.3 Å². The van der Waals surface area contributed by atoms with Crippen LogP contribution in [0.1, 0.15) is 15.2 Å². The Morgan fingerprint density at radius 1 is 1.05 bits per heavy atom. The van der Waals surface area contributed by atoms with E-state index >= 15 is 0 Å². The molecule has 2 rings (SSSR count). The standard InChI is InChI=1S/C15H15BrN2O2S/c16-13-6-2-1-5-12(13)15(20)18-8-7-17-14(19)10-11-4-3-9-21-11/h1-6,9H,7-8,10H2,(H,17,19)(H,18,20). The highest BCUT2D eigenvalue weighted by atomic mass is 79.9. The van der Waals surface area contributed by atoms with Crippen LogP contribution in [0.5, 0.6) is 0 Å². The van der Waals surface area contributed by atoms with Crippen LogP contribution in [0.25, 0.3) is 0 Å². The number of thiophene rings is 1.